The molecule has 0 N–H and O–H groups in total. The highest BCUT2D eigenvalue weighted by atomic mass is 28.4. The number of hydrogen-bond acceptors (Lipinski definition) is 4. The summed E-state index contributed by atoms with van der Waals surface area (Å²) < 4.78 is 27.1. The molecule has 218 valence electrons. The molecule has 0 bridgehead atoms. The molecule has 1 aliphatic rings. The molecule has 0 amide bonds. The van der Waals surface area contributed by atoms with Crippen molar-refractivity contribution >= 4 is 18.7 Å². The zero-order chi connectivity index (χ0) is 29.4. The first-order chi connectivity index (χ1) is 20.4. The van der Waals surface area contributed by atoms with Crippen molar-refractivity contribution in [2.45, 2.75) is 63.4 Å². The molecule has 4 nitrogen and oxygen atoms in total. The Bertz CT molecular complexity index is 1330. The standard InChI is InChI=1S/C37H42O4Si/c1-5-33-35(38-26-29-18-10-6-11-19-29)36(39-27-30-20-12-7-13-21-30)34(41-33)28-40-42(37(2,3)4,31-22-14-8-15-23-31)32-24-16-9-17-25-32/h5-25,33-36H,1,26-28H2,2-4H3/t33-,34+,35-,36-/m0/s1. The topological polar surface area (TPSA) is 36.9 Å². The van der Waals surface area contributed by atoms with Crippen LogP contribution in [0.1, 0.15) is 31.9 Å². The lowest BCUT2D eigenvalue weighted by Crippen LogP contribution is -2.67. The minimum absolute atomic E-state index is 0.143. The molecule has 0 unspecified atom stereocenters. The van der Waals surface area contributed by atoms with Crippen LogP contribution in [0.15, 0.2) is 134 Å². The van der Waals surface area contributed by atoms with E-state index < -0.39 is 8.32 Å². The predicted molar refractivity (Wildman–Crippen MR) is 172 cm³/mol. The van der Waals surface area contributed by atoms with E-state index in [1.54, 1.807) is 0 Å². The third-order valence-electron chi connectivity index (χ3n) is 8.03. The Morgan fingerprint density at radius 2 is 1.10 bits per heavy atom. The monoisotopic (exact) mass is 578 g/mol. The Kier molecular flexibility index (Phi) is 9.88. The van der Waals surface area contributed by atoms with Crippen LogP contribution in [0.3, 0.4) is 0 Å². The smallest absolute Gasteiger partial charge is 0.261 e. The third kappa shape index (κ3) is 6.67. The predicted octanol–water partition coefficient (Wildman–Crippen LogP) is 6.69. The highest BCUT2D eigenvalue weighted by Crippen LogP contribution is 2.38. The molecule has 0 radical (unpaired) electrons. The third-order valence-corrected chi connectivity index (χ3v) is 13.0. The highest BCUT2D eigenvalue weighted by Gasteiger charge is 2.52. The number of benzene rings is 4. The van der Waals surface area contributed by atoms with Crippen LogP contribution in [0.5, 0.6) is 0 Å². The largest absolute Gasteiger partial charge is 0.405 e. The summed E-state index contributed by atoms with van der Waals surface area (Å²) in [4.78, 5) is 0. The van der Waals surface area contributed by atoms with Gasteiger partial charge in [-0.2, -0.15) is 0 Å². The average molecular weight is 579 g/mol. The average Bonchev–Trinajstić information content (AvgIpc) is 3.37. The number of ether oxygens (including phenoxy) is 3. The normalized spacial score (nSPS) is 20.8. The van der Waals surface area contributed by atoms with E-state index in [4.69, 9.17) is 18.6 Å². The molecule has 0 saturated carbocycles. The Hall–Kier alpha value is -3.32. The van der Waals surface area contributed by atoms with Crippen LogP contribution in [-0.2, 0) is 31.9 Å². The summed E-state index contributed by atoms with van der Waals surface area (Å²) in [6.45, 7) is 12.3. The van der Waals surface area contributed by atoms with E-state index in [1.165, 1.54) is 10.4 Å². The molecule has 5 rings (SSSR count). The highest BCUT2D eigenvalue weighted by molar-refractivity contribution is 6.99. The fourth-order valence-electron chi connectivity index (χ4n) is 5.97. The van der Waals surface area contributed by atoms with Gasteiger partial charge in [0.15, 0.2) is 0 Å². The van der Waals surface area contributed by atoms with Crippen LogP contribution in [0, 0.1) is 0 Å². The van der Waals surface area contributed by atoms with Crippen LogP contribution >= 0.6 is 0 Å². The molecule has 4 aromatic carbocycles. The second-order valence-corrected chi connectivity index (χ2v) is 16.2. The van der Waals surface area contributed by atoms with Crippen LogP contribution in [0.4, 0.5) is 0 Å². The van der Waals surface area contributed by atoms with Gasteiger partial charge in [0.1, 0.15) is 24.4 Å². The summed E-state index contributed by atoms with van der Waals surface area (Å²) in [7, 11) is -2.76. The second-order valence-electron chi connectivity index (χ2n) is 11.9. The molecular weight excluding hydrogens is 536 g/mol. The first-order valence-corrected chi connectivity index (χ1v) is 16.7. The SMILES string of the molecule is C=C[C@@H]1O[C@H](CO[Si](c2ccccc2)(c2ccccc2)C(C)(C)C)[C@H](OCc2ccccc2)[C@H]1OCc1ccccc1. The van der Waals surface area contributed by atoms with Gasteiger partial charge in [-0.05, 0) is 26.5 Å². The summed E-state index contributed by atoms with van der Waals surface area (Å²) in [5.74, 6) is 0. The fraction of sp³-hybridized carbons (Fsp3) is 0.297. The minimum Gasteiger partial charge on any atom is -0.405 e. The molecule has 0 spiro atoms. The van der Waals surface area contributed by atoms with Gasteiger partial charge in [-0.25, -0.2) is 0 Å². The van der Waals surface area contributed by atoms with Crippen molar-refractivity contribution in [3.63, 3.8) is 0 Å². The van der Waals surface area contributed by atoms with Gasteiger partial charge >= 0.3 is 0 Å². The quantitative estimate of drug-likeness (QED) is 0.139. The Morgan fingerprint density at radius 3 is 1.52 bits per heavy atom. The maximum absolute atomic E-state index is 7.28. The zero-order valence-electron chi connectivity index (χ0n) is 24.9. The summed E-state index contributed by atoms with van der Waals surface area (Å²) in [6.07, 6.45) is 0.521. The Labute approximate surface area is 252 Å². The van der Waals surface area contributed by atoms with Crippen LogP contribution in [0.2, 0.25) is 5.04 Å². The van der Waals surface area contributed by atoms with E-state index in [2.05, 4.69) is 112 Å². The van der Waals surface area contributed by atoms with Gasteiger partial charge in [-0.1, -0.05) is 148 Å². The van der Waals surface area contributed by atoms with Crippen molar-refractivity contribution in [1.29, 1.82) is 0 Å². The van der Waals surface area contributed by atoms with Crippen molar-refractivity contribution in [2.75, 3.05) is 6.61 Å². The molecule has 5 heteroatoms. The molecule has 42 heavy (non-hydrogen) atoms. The molecule has 1 aliphatic heterocycles. The molecule has 4 atom stereocenters. The lowest BCUT2D eigenvalue weighted by Gasteiger charge is -2.43. The molecule has 1 fully saturated rings. The number of hydrogen-bond donors (Lipinski definition) is 0. The lowest BCUT2D eigenvalue weighted by atomic mass is 10.1. The summed E-state index contributed by atoms with van der Waals surface area (Å²) >= 11 is 0. The first kappa shape index (κ1) is 30.1. The molecular formula is C37H42O4Si. The lowest BCUT2D eigenvalue weighted by molar-refractivity contribution is -0.0812. The van der Waals surface area contributed by atoms with E-state index in [0.717, 1.165) is 11.1 Å². The Morgan fingerprint density at radius 1 is 0.667 bits per heavy atom. The fourth-order valence-corrected chi connectivity index (χ4v) is 10.5. The van der Waals surface area contributed by atoms with Crippen molar-refractivity contribution in [3.8, 4) is 0 Å². The molecule has 0 aromatic heterocycles. The van der Waals surface area contributed by atoms with Gasteiger partial charge in [-0.3, -0.25) is 0 Å². The van der Waals surface area contributed by atoms with Gasteiger partial charge in [0.25, 0.3) is 8.32 Å². The summed E-state index contributed by atoms with van der Waals surface area (Å²) in [5.41, 5.74) is 2.21. The minimum atomic E-state index is -2.76. The van der Waals surface area contributed by atoms with E-state index in [-0.39, 0.29) is 29.5 Å². The molecule has 1 heterocycles. The van der Waals surface area contributed by atoms with Crippen LogP contribution in [0.25, 0.3) is 0 Å². The van der Waals surface area contributed by atoms with Gasteiger partial charge in [0, 0.05) is 0 Å². The van der Waals surface area contributed by atoms with Gasteiger partial charge in [-0.15, -0.1) is 6.58 Å². The van der Waals surface area contributed by atoms with Gasteiger partial charge in [0.05, 0.1) is 19.8 Å². The van der Waals surface area contributed by atoms with Crippen LogP contribution in [-0.4, -0.2) is 39.3 Å². The zero-order valence-corrected chi connectivity index (χ0v) is 25.9. The van der Waals surface area contributed by atoms with Gasteiger partial charge < -0.3 is 18.6 Å². The van der Waals surface area contributed by atoms with E-state index in [9.17, 15) is 0 Å². The molecule has 1 saturated heterocycles. The Balaban J connectivity index is 1.46. The first-order valence-electron chi connectivity index (χ1n) is 14.8. The van der Waals surface area contributed by atoms with Crippen molar-refractivity contribution < 1.29 is 18.6 Å². The van der Waals surface area contributed by atoms with E-state index in [1.807, 2.05) is 42.5 Å². The second kappa shape index (κ2) is 13.8. The van der Waals surface area contributed by atoms with Gasteiger partial charge in [0.2, 0.25) is 0 Å². The number of rotatable bonds is 12. The summed E-state index contributed by atoms with van der Waals surface area (Å²) in [6, 6.07) is 41.8. The summed E-state index contributed by atoms with van der Waals surface area (Å²) in [5, 5.41) is 2.33. The van der Waals surface area contributed by atoms with Crippen molar-refractivity contribution in [2.24, 2.45) is 0 Å². The van der Waals surface area contributed by atoms with Crippen LogP contribution < -0.4 is 10.4 Å². The maximum Gasteiger partial charge on any atom is 0.261 e. The van der Waals surface area contributed by atoms with Crippen molar-refractivity contribution in [3.05, 3.63) is 145 Å². The van der Waals surface area contributed by atoms with E-state index in [0.29, 0.717) is 19.8 Å². The molecule has 4 aromatic rings. The van der Waals surface area contributed by atoms with E-state index >= 15 is 0 Å². The maximum atomic E-state index is 7.28. The van der Waals surface area contributed by atoms with Crippen molar-refractivity contribution in [1.82, 2.24) is 0 Å². The molecule has 0 aliphatic carbocycles.